The average Bonchev–Trinajstić information content (AvgIpc) is 2.28. The van der Waals surface area contributed by atoms with E-state index in [1.807, 2.05) is 13.8 Å². The van der Waals surface area contributed by atoms with Crippen molar-refractivity contribution in [3.8, 4) is 0 Å². The molecule has 0 N–H and O–H groups in total. The van der Waals surface area contributed by atoms with Gasteiger partial charge >= 0.3 is 0 Å². The Morgan fingerprint density at radius 2 is 1.78 bits per heavy atom. The van der Waals surface area contributed by atoms with Gasteiger partial charge in [0.15, 0.2) is 9.84 Å². The predicted molar refractivity (Wildman–Crippen MR) is 72.7 cm³/mol. The number of nitrogens with zero attached hydrogens (tertiary/aromatic N) is 1. The van der Waals surface area contributed by atoms with Gasteiger partial charge in [0, 0.05) is 17.5 Å². The smallest absolute Gasteiger partial charge is 0.258 e. The van der Waals surface area contributed by atoms with E-state index in [2.05, 4.69) is 15.9 Å². The first kappa shape index (κ1) is 15.1. The van der Waals surface area contributed by atoms with Crippen LogP contribution in [0.2, 0.25) is 0 Å². The van der Waals surface area contributed by atoms with Crippen LogP contribution in [0.5, 0.6) is 0 Å². The van der Waals surface area contributed by atoms with E-state index in [-0.39, 0.29) is 21.8 Å². The van der Waals surface area contributed by atoms with Gasteiger partial charge in [-0.2, -0.15) is 0 Å². The van der Waals surface area contributed by atoms with Crippen LogP contribution in [0.4, 0.5) is 5.69 Å². The summed E-state index contributed by atoms with van der Waals surface area (Å²) in [5.41, 5.74) is -0.505. The lowest BCUT2D eigenvalue weighted by Gasteiger charge is -2.21. The van der Waals surface area contributed by atoms with E-state index in [0.717, 1.165) is 0 Å². The van der Waals surface area contributed by atoms with E-state index < -0.39 is 14.8 Å². The third-order valence-corrected chi connectivity index (χ3v) is 6.02. The zero-order chi connectivity index (χ0) is 14.0. The Balaban J connectivity index is 3.03. The van der Waals surface area contributed by atoms with Crippen LogP contribution < -0.4 is 0 Å². The van der Waals surface area contributed by atoms with Crippen LogP contribution in [0.3, 0.4) is 0 Å². The molecule has 0 spiro atoms. The molecule has 5 nitrogen and oxygen atoms in total. The van der Waals surface area contributed by atoms with Gasteiger partial charge in [-0.25, -0.2) is 8.42 Å². The minimum Gasteiger partial charge on any atom is -0.258 e. The summed E-state index contributed by atoms with van der Waals surface area (Å²) in [6.07, 6.45) is 0. The van der Waals surface area contributed by atoms with E-state index >= 15 is 0 Å². The molecular formula is C11H14BrNO4S. The van der Waals surface area contributed by atoms with Crippen molar-refractivity contribution in [2.24, 2.45) is 5.41 Å². The largest absolute Gasteiger partial charge is 0.269 e. The van der Waals surface area contributed by atoms with Crippen LogP contribution in [0.25, 0.3) is 0 Å². The molecule has 0 aromatic heterocycles. The minimum atomic E-state index is -3.43. The number of rotatable bonds is 5. The quantitative estimate of drug-likeness (QED) is 0.471. The third-order valence-electron chi connectivity index (χ3n) is 2.35. The number of nitro benzene ring substituents is 1. The second-order valence-corrected chi connectivity index (χ2v) is 7.36. The number of nitro groups is 1. The van der Waals surface area contributed by atoms with Crippen molar-refractivity contribution in [1.82, 2.24) is 0 Å². The fraction of sp³-hybridized carbons (Fsp3) is 0.455. The standard InChI is InChI=1S/C11H14BrNO4S/c1-11(2,7-12)8-18(16,17)10-5-3-9(4-6-10)13(14)15/h3-6H,7-8H2,1-2H3. The van der Waals surface area contributed by atoms with Crippen LogP contribution in [-0.2, 0) is 9.84 Å². The van der Waals surface area contributed by atoms with Crippen molar-refractivity contribution in [3.05, 3.63) is 34.4 Å². The normalized spacial score (nSPS) is 12.4. The van der Waals surface area contributed by atoms with Crippen molar-refractivity contribution < 1.29 is 13.3 Å². The molecule has 0 unspecified atom stereocenters. The first-order valence-electron chi connectivity index (χ1n) is 5.21. The van der Waals surface area contributed by atoms with Gasteiger partial charge in [0.05, 0.1) is 15.6 Å². The Morgan fingerprint density at radius 3 is 2.17 bits per heavy atom. The fourth-order valence-electron chi connectivity index (χ4n) is 1.41. The highest BCUT2D eigenvalue weighted by atomic mass is 79.9. The highest BCUT2D eigenvalue weighted by Gasteiger charge is 2.26. The van der Waals surface area contributed by atoms with E-state index in [9.17, 15) is 18.5 Å². The fourth-order valence-corrected chi connectivity index (χ4v) is 3.72. The summed E-state index contributed by atoms with van der Waals surface area (Å²) in [7, 11) is -3.43. The molecule has 1 aromatic carbocycles. The molecule has 0 aliphatic heterocycles. The maximum absolute atomic E-state index is 12.1. The first-order chi connectivity index (χ1) is 8.18. The molecule has 1 aromatic rings. The summed E-state index contributed by atoms with van der Waals surface area (Å²) in [6.45, 7) is 3.68. The predicted octanol–water partition coefficient (Wildman–Crippen LogP) is 2.79. The van der Waals surface area contributed by atoms with Gasteiger partial charge < -0.3 is 0 Å². The molecule has 7 heteroatoms. The molecule has 0 fully saturated rings. The molecular weight excluding hydrogens is 322 g/mol. The molecule has 0 saturated heterocycles. The summed E-state index contributed by atoms with van der Waals surface area (Å²) in [5, 5.41) is 11.0. The summed E-state index contributed by atoms with van der Waals surface area (Å²) in [4.78, 5) is 10.0. The van der Waals surface area contributed by atoms with Gasteiger partial charge in [-0.3, -0.25) is 10.1 Å². The number of non-ortho nitro benzene ring substituents is 1. The highest BCUT2D eigenvalue weighted by Crippen LogP contribution is 2.25. The number of hydrogen-bond acceptors (Lipinski definition) is 4. The Hall–Kier alpha value is -0.950. The zero-order valence-corrected chi connectivity index (χ0v) is 12.5. The Labute approximate surface area is 114 Å². The van der Waals surface area contributed by atoms with Crippen molar-refractivity contribution >= 4 is 31.5 Å². The summed E-state index contributed by atoms with van der Waals surface area (Å²) in [6, 6.07) is 4.96. The lowest BCUT2D eigenvalue weighted by molar-refractivity contribution is -0.384. The van der Waals surface area contributed by atoms with Gasteiger partial charge in [-0.15, -0.1) is 0 Å². The van der Waals surface area contributed by atoms with Gasteiger partial charge in [0.1, 0.15) is 0 Å². The van der Waals surface area contributed by atoms with Crippen LogP contribution in [0.15, 0.2) is 29.2 Å². The molecule has 0 bridgehead atoms. The topological polar surface area (TPSA) is 77.3 Å². The lowest BCUT2D eigenvalue weighted by atomic mass is 10.0. The molecule has 100 valence electrons. The second-order valence-electron chi connectivity index (χ2n) is 4.81. The summed E-state index contributed by atoms with van der Waals surface area (Å²) >= 11 is 3.27. The number of hydrogen-bond donors (Lipinski definition) is 0. The molecule has 0 amide bonds. The van der Waals surface area contributed by atoms with Crippen LogP contribution in [0, 0.1) is 15.5 Å². The van der Waals surface area contributed by atoms with Crippen molar-refractivity contribution in [1.29, 1.82) is 0 Å². The molecule has 0 saturated carbocycles. The number of benzene rings is 1. The molecule has 0 radical (unpaired) electrons. The van der Waals surface area contributed by atoms with Crippen molar-refractivity contribution in [3.63, 3.8) is 0 Å². The molecule has 0 heterocycles. The molecule has 0 aliphatic rings. The van der Waals surface area contributed by atoms with Gasteiger partial charge in [-0.1, -0.05) is 29.8 Å². The average molecular weight is 336 g/mol. The van der Waals surface area contributed by atoms with E-state index in [4.69, 9.17) is 0 Å². The Morgan fingerprint density at radius 1 is 1.28 bits per heavy atom. The monoisotopic (exact) mass is 335 g/mol. The molecule has 0 atom stereocenters. The summed E-state index contributed by atoms with van der Waals surface area (Å²) in [5.74, 6) is -0.0109. The number of alkyl halides is 1. The van der Waals surface area contributed by atoms with Gasteiger partial charge in [0.2, 0.25) is 0 Å². The Bertz CT molecular complexity index is 537. The van der Waals surface area contributed by atoms with E-state index in [1.165, 1.54) is 24.3 Å². The van der Waals surface area contributed by atoms with Crippen LogP contribution in [0.1, 0.15) is 13.8 Å². The number of sulfone groups is 1. The van der Waals surface area contributed by atoms with Gasteiger partial charge in [-0.05, 0) is 17.5 Å². The maximum Gasteiger partial charge on any atom is 0.269 e. The van der Waals surface area contributed by atoms with Crippen LogP contribution >= 0.6 is 15.9 Å². The Kier molecular flexibility index (Phi) is 4.50. The van der Waals surface area contributed by atoms with Crippen molar-refractivity contribution in [2.45, 2.75) is 18.7 Å². The van der Waals surface area contributed by atoms with Gasteiger partial charge in [0.25, 0.3) is 5.69 Å². The SMILES string of the molecule is CC(C)(CBr)CS(=O)(=O)c1ccc([N+](=O)[O-])cc1. The zero-order valence-electron chi connectivity index (χ0n) is 10.1. The van der Waals surface area contributed by atoms with E-state index in [1.54, 1.807) is 0 Å². The third kappa shape index (κ3) is 3.78. The maximum atomic E-state index is 12.1. The second kappa shape index (κ2) is 5.36. The lowest BCUT2D eigenvalue weighted by Crippen LogP contribution is -2.25. The van der Waals surface area contributed by atoms with E-state index in [0.29, 0.717) is 5.33 Å². The van der Waals surface area contributed by atoms with Crippen molar-refractivity contribution in [2.75, 3.05) is 11.1 Å². The van der Waals surface area contributed by atoms with Crippen LogP contribution in [-0.4, -0.2) is 24.4 Å². The molecule has 1 rings (SSSR count). The first-order valence-corrected chi connectivity index (χ1v) is 7.98. The highest BCUT2D eigenvalue weighted by molar-refractivity contribution is 9.09. The molecule has 0 aliphatic carbocycles. The number of halogens is 1. The molecule has 18 heavy (non-hydrogen) atoms. The minimum absolute atomic E-state index is 0.0109. The summed E-state index contributed by atoms with van der Waals surface area (Å²) < 4.78 is 24.2.